The number of para-hydroxylation sites is 1. The molecule has 1 aromatic carbocycles. The van der Waals surface area contributed by atoms with E-state index in [4.69, 9.17) is 4.99 Å². The Morgan fingerprint density at radius 3 is 2.65 bits per heavy atom. The highest BCUT2D eigenvalue weighted by atomic mass is 19.1. The lowest BCUT2D eigenvalue weighted by atomic mass is 10.2. The zero-order chi connectivity index (χ0) is 21.9. The first-order valence-corrected chi connectivity index (χ1v) is 11.3. The SMILES string of the molecule is CCNC(=NCCCN1CCN(c2ccccc2F)CC1)NCCn1cnnc1CC. The monoisotopic (exact) mass is 430 g/mol. The first kappa shape index (κ1) is 23.0. The second-order valence-corrected chi connectivity index (χ2v) is 7.62. The lowest BCUT2D eigenvalue weighted by molar-refractivity contribution is 0.256. The topological polar surface area (TPSA) is 73.6 Å². The van der Waals surface area contributed by atoms with Crippen LogP contribution in [0.15, 0.2) is 35.6 Å². The van der Waals surface area contributed by atoms with Crippen molar-refractivity contribution in [3.63, 3.8) is 0 Å². The molecular formula is C22H35FN8. The molecule has 170 valence electrons. The van der Waals surface area contributed by atoms with Crippen LogP contribution in [-0.2, 0) is 13.0 Å². The molecule has 1 saturated heterocycles. The van der Waals surface area contributed by atoms with E-state index in [-0.39, 0.29) is 5.82 Å². The number of guanidine groups is 1. The molecule has 0 atom stereocenters. The number of piperazine rings is 1. The van der Waals surface area contributed by atoms with E-state index in [1.165, 1.54) is 6.07 Å². The van der Waals surface area contributed by atoms with Gasteiger partial charge in [0.2, 0.25) is 0 Å². The fourth-order valence-corrected chi connectivity index (χ4v) is 3.78. The minimum Gasteiger partial charge on any atom is -0.367 e. The minimum absolute atomic E-state index is 0.135. The van der Waals surface area contributed by atoms with Crippen molar-refractivity contribution in [2.45, 2.75) is 33.2 Å². The molecule has 0 unspecified atom stereocenters. The van der Waals surface area contributed by atoms with Crippen LogP contribution in [0.25, 0.3) is 0 Å². The van der Waals surface area contributed by atoms with Crippen LogP contribution in [-0.4, -0.2) is 78.0 Å². The lowest BCUT2D eigenvalue weighted by Crippen LogP contribution is -2.47. The molecule has 2 aromatic rings. The zero-order valence-corrected chi connectivity index (χ0v) is 18.7. The molecule has 3 rings (SSSR count). The summed E-state index contributed by atoms with van der Waals surface area (Å²) in [5, 5.41) is 14.8. The summed E-state index contributed by atoms with van der Waals surface area (Å²) < 4.78 is 16.0. The average Bonchev–Trinajstić information content (AvgIpc) is 3.25. The fourth-order valence-electron chi connectivity index (χ4n) is 3.78. The molecule has 1 aliphatic heterocycles. The number of hydrogen-bond donors (Lipinski definition) is 2. The van der Waals surface area contributed by atoms with Crippen molar-refractivity contribution in [1.29, 1.82) is 0 Å². The number of hydrogen-bond acceptors (Lipinski definition) is 5. The van der Waals surface area contributed by atoms with Crippen LogP contribution in [0.5, 0.6) is 0 Å². The molecular weight excluding hydrogens is 395 g/mol. The van der Waals surface area contributed by atoms with Crippen LogP contribution >= 0.6 is 0 Å². The molecule has 9 heteroatoms. The Hall–Kier alpha value is -2.68. The van der Waals surface area contributed by atoms with Gasteiger partial charge in [-0.15, -0.1) is 10.2 Å². The van der Waals surface area contributed by atoms with Crippen LogP contribution in [0.3, 0.4) is 0 Å². The maximum Gasteiger partial charge on any atom is 0.191 e. The fraction of sp³-hybridized carbons (Fsp3) is 0.591. The number of halogens is 1. The zero-order valence-electron chi connectivity index (χ0n) is 18.7. The Balaban J connectivity index is 1.36. The molecule has 0 aliphatic carbocycles. The van der Waals surface area contributed by atoms with E-state index in [1.807, 2.05) is 12.1 Å². The molecule has 1 aromatic heterocycles. The van der Waals surface area contributed by atoms with Crippen molar-refractivity contribution in [3.05, 3.63) is 42.2 Å². The molecule has 2 N–H and O–H groups in total. The number of aliphatic imine (C=N–C) groups is 1. The van der Waals surface area contributed by atoms with Gasteiger partial charge in [0.15, 0.2) is 5.96 Å². The van der Waals surface area contributed by atoms with Gasteiger partial charge >= 0.3 is 0 Å². The van der Waals surface area contributed by atoms with Gasteiger partial charge in [0, 0.05) is 65.3 Å². The summed E-state index contributed by atoms with van der Waals surface area (Å²) in [4.78, 5) is 9.27. The van der Waals surface area contributed by atoms with Crippen molar-refractivity contribution in [2.75, 3.05) is 57.3 Å². The molecule has 0 bridgehead atoms. The summed E-state index contributed by atoms with van der Waals surface area (Å²) >= 11 is 0. The molecule has 1 aliphatic rings. The smallest absolute Gasteiger partial charge is 0.191 e. The molecule has 2 heterocycles. The number of aryl methyl sites for hydroxylation is 1. The highest BCUT2D eigenvalue weighted by Crippen LogP contribution is 2.20. The van der Waals surface area contributed by atoms with Crippen molar-refractivity contribution in [3.8, 4) is 0 Å². The molecule has 0 spiro atoms. The van der Waals surface area contributed by atoms with Gasteiger partial charge < -0.3 is 20.1 Å². The van der Waals surface area contributed by atoms with E-state index in [1.54, 1.807) is 12.4 Å². The predicted octanol–water partition coefficient (Wildman–Crippen LogP) is 1.75. The largest absolute Gasteiger partial charge is 0.367 e. The maximum atomic E-state index is 14.0. The molecule has 0 radical (unpaired) electrons. The first-order chi connectivity index (χ1) is 15.2. The number of rotatable bonds is 10. The first-order valence-electron chi connectivity index (χ1n) is 11.3. The Kier molecular flexibility index (Phi) is 9.08. The van der Waals surface area contributed by atoms with Gasteiger partial charge in [-0.3, -0.25) is 9.89 Å². The third kappa shape index (κ3) is 6.92. The van der Waals surface area contributed by atoms with Gasteiger partial charge in [-0.25, -0.2) is 4.39 Å². The number of anilines is 1. The molecule has 1 fully saturated rings. The van der Waals surface area contributed by atoms with E-state index < -0.39 is 0 Å². The predicted molar refractivity (Wildman–Crippen MR) is 123 cm³/mol. The normalized spacial score (nSPS) is 15.3. The summed E-state index contributed by atoms with van der Waals surface area (Å²) in [5.41, 5.74) is 0.714. The standard InChI is InChI=1S/C22H35FN8/c1-3-21-28-27-18-31(21)13-11-26-22(24-4-2)25-10-7-12-29-14-16-30(17-15-29)20-9-6-5-8-19(20)23/h5-6,8-9,18H,3-4,7,10-17H2,1-2H3,(H2,24,25,26). The summed E-state index contributed by atoms with van der Waals surface area (Å²) in [6.45, 7) is 12.0. The van der Waals surface area contributed by atoms with E-state index >= 15 is 0 Å². The van der Waals surface area contributed by atoms with E-state index in [2.05, 4.69) is 49.0 Å². The van der Waals surface area contributed by atoms with E-state index in [0.717, 1.165) is 83.5 Å². The third-order valence-electron chi connectivity index (χ3n) is 5.47. The van der Waals surface area contributed by atoms with Crippen LogP contribution in [0.2, 0.25) is 0 Å². The van der Waals surface area contributed by atoms with Gasteiger partial charge in [0.25, 0.3) is 0 Å². The van der Waals surface area contributed by atoms with Crippen molar-refractivity contribution >= 4 is 11.6 Å². The second-order valence-electron chi connectivity index (χ2n) is 7.62. The Morgan fingerprint density at radius 2 is 1.90 bits per heavy atom. The van der Waals surface area contributed by atoms with Crippen LogP contribution < -0.4 is 15.5 Å². The average molecular weight is 431 g/mol. The molecule has 31 heavy (non-hydrogen) atoms. The van der Waals surface area contributed by atoms with Crippen molar-refractivity contribution in [2.24, 2.45) is 4.99 Å². The van der Waals surface area contributed by atoms with Gasteiger partial charge in [-0.2, -0.15) is 0 Å². The van der Waals surface area contributed by atoms with Gasteiger partial charge in [-0.05, 0) is 25.5 Å². The number of benzene rings is 1. The summed E-state index contributed by atoms with van der Waals surface area (Å²) in [7, 11) is 0. The Labute approximate surface area is 184 Å². The molecule has 8 nitrogen and oxygen atoms in total. The Bertz CT molecular complexity index is 813. The van der Waals surface area contributed by atoms with Crippen LogP contribution in [0.1, 0.15) is 26.1 Å². The van der Waals surface area contributed by atoms with Crippen LogP contribution in [0.4, 0.5) is 10.1 Å². The summed E-state index contributed by atoms with van der Waals surface area (Å²) in [6.07, 6.45) is 3.65. The highest BCUT2D eigenvalue weighted by Gasteiger charge is 2.18. The molecule has 0 saturated carbocycles. The molecule has 0 amide bonds. The minimum atomic E-state index is -0.135. The van der Waals surface area contributed by atoms with Crippen molar-refractivity contribution < 1.29 is 4.39 Å². The summed E-state index contributed by atoms with van der Waals surface area (Å²) in [6, 6.07) is 7.03. The van der Waals surface area contributed by atoms with Crippen molar-refractivity contribution in [1.82, 2.24) is 30.3 Å². The second kappa shape index (κ2) is 12.2. The van der Waals surface area contributed by atoms with E-state index in [9.17, 15) is 4.39 Å². The maximum absolute atomic E-state index is 14.0. The third-order valence-corrected chi connectivity index (χ3v) is 5.47. The van der Waals surface area contributed by atoms with Gasteiger partial charge in [-0.1, -0.05) is 19.1 Å². The quantitative estimate of drug-likeness (QED) is 0.340. The highest BCUT2D eigenvalue weighted by molar-refractivity contribution is 5.79. The van der Waals surface area contributed by atoms with Crippen LogP contribution in [0, 0.1) is 5.82 Å². The Morgan fingerprint density at radius 1 is 1.10 bits per heavy atom. The number of nitrogens with zero attached hydrogens (tertiary/aromatic N) is 6. The number of nitrogens with one attached hydrogen (secondary N) is 2. The van der Waals surface area contributed by atoms with Gasteiger partial charge in [0.05, 0.1) is 5.69 Å². The van der Waals surface area contributed by atoms with Gasteiger partial charge in [0.1, 0.15) is 18.0 Å². The number of aromatic nitrogens is 3. The lowest BCUT2D eigenvalue weighted by Gasteiger charge is -2.36. The summed E-state index contributed by atoms with van der Waals surface area (Å²) in [5.74, 6) is 1.71. The van der Waals surface area contributed by atoms with E-state index in [0.29, 0.717) is 5.69 Å².